The SMILES string of the molecule is c1ccc(-c2ccc(-c3ccc(N(c4cccc(-c5cccc(-c6cccc7ccccc67)c5)c4)c4ccc5c(ccc6ccccc65)c4)cc3)cc2)cc1. The Morgan fingerprint density at radius 2 is 0.691 bits per heavy atom. The number of benzene rings is 10. The highest BCUT2D eigenvalue weighted by Gasteiger charge is 2.16. The second-order valence-electron chi connectivity index (χ2n) is 14.2. The van der Waals surface area contributed by atoms with Crippen LogP contribution in [-0.4, -0.2) is 0 Å². The summed E-state index contributed by atoms with van der Waals surface area (Å²) in [7, 11) is 0. The van der Waals surface area contributed by atoms with Crippen LogP contribution in [0.2, 0.25) is 0 Å². The summed E-state index contributed by atoms with van der Waals surface area (Å²) in [5, 5.41) is 7.52. The fourth-order valence-electron chi connectivity index (χ4n) is 8.04. The molecule has 0 fully saturated rings. The Kier molecular flexibility index (Phi) is 8.24. The van der Waals surface area contributed by atoms with Crippen molar-refractivity contribution in [2.24, 2.45) is 0 Å². The zero-order valence-corrected chi connectivity index (χ0v) is 30.3. The van der Waals surface area contributed by atoms with Gasteiger partial charge >= 0.3 is 0 Å². The van der Waals surface area contributed by atoms with Gasteiger partial charge in [0.2, 0.25) is 0 Å². The highest BCUT2D eigenvalue weighted by molar-refractivity contribution is 6.08. The summed E-state index contributed by atoms with van der Waals surface area (Å²) < 4.78 is 0. The molecule has 1 nitrogen and oxygen atoms in total. The molecule has 0 spiro atoms. The van der Waals surface area contributed by atoms with Gasteiger partial charge in [-0.15, -0.1) is 0 Å². The van der Waals surface area contributed by atoms with Gasteiger partial charge in [-0.1, -0.05) is 182 Å². The minimum atomic E-state index is 1.10. The average molecular weight is 700 g/mol. The lowest BCUT2D eigenvalue weighted by Gasteiger charge is -2.27. The molecule has 0 saturated heterocycles. The first-order valence-corrected chi connectivity index (χ1v) is 18.9. The van der Waals surface area contributed by atoms with Gasteiger partial charge in [-0.25, -0.2) is 0 Å². The molecule has 1 heteroatoms. The van der Waals surface area contributed by atoms with E-state index in [-0.39, 0.29) is 0 Å². The fraction of sp³-hybridized carbons (Fsp3) is 0. The van der Waals surface area contributed by atoms with Crippen LogP contribution in [0.5, 0.6) is 0 Å². The van der Waals surface area contributed by atoms with E-state index in [0.717, 1.165) is 17.1 Å². The highest BCUT2D eigenvalue weighted by Crippen LogP contribution is 2.40. The Balaban J connectivity index is 1.06. The lowest BCUT2D eigenvalue weighted by atomic mass is 9.95. The van der Waals surface area contributed by atoms with E-state index in [1.807, 2.05) is 0 Å². The molecule has 0 amide bonds. The normalized spacial score (nSPS) is 11.3. The van der Waals surface area contributed by atoms with Crippen LogP contribution in [0, 0.1) is 0 Å². The van der Waals surface area contributed by atoms with Gasteiger partial charge in [0.25, 0.3) is 0 Å². The molecule has 55 heavy (non-hydrogen) atoms. The molecule has 0 aliphatic rings. The van der Waals surface area contributed by atoms with E-state index in [9.17, 15) is 0 Å². The van der Waals surface area contributed by atoms with E-state index in [0.29, 0.717) is 0 Å². The van der Waals surface area contributed by atoms with E-state index in [1.165, 1.54) is 76.8 Å². The molecule has 10 aromatic carbocycles. The smallest absolute Gasteiger partial charge is 0.0468 e. The largest absolute Gasteiger partial charge is 0.310 e. The predicted octanol–water partition coefficient (Wildman–Crippen LogP) is 15.3. The summed E-state index contributed by atoms with van der Waals surface area (Å²) in [6.45, 7) is 0. The lowest BCUT2D eigenvalue weighted by molar-refractivity contribution is 1.29. The average Bonchev–Trinajstić information content (AvgIpc) is 3.27. The second kappa shape index (κ2) is 14.0. The number of hydrogen-bond acceptors (Lipinski definition) is 1. The number of hydrogen-bond donors (Lipinski definition) is 0. The Labute approximate surface area is 322 Å². The molecule has 0 heterocycles. The van der Waals surface area contributed by atoms with Crippen LogP contribution in [0.3, 0.4) is 0 Å². The van der Waals surface area contributed by atoms with E-state index < -0.39 is 0 Å². The third-order valence-electron chi connectivity index (χ3n) is 10.8. The first-order chi connectivity index (χ1) is 27.2. The standard InChI is InChI=1S/C54H37N/c1-2-11-38(12-3-1)39-23-25-40(26-24-39)41-29-31-48(32-30-41)55(50-33-34-54-47(37-50)28-27-43-14-5-7-21-52(43)54)49-19-9-17-45(36-49)44-16-8-18-46(35-44)53-22-10-15-42-13-4-6-20-51(42)53/h1-37H. The quantitative estimate of drug-likeness (QED) is 0.150. The van der Waals surface area contributed by atoms with Gasteiger partial charge in [0.05, 0.1) is 0 Å². The van der Waals surface area contributed by atoms with E-state index >= 15 is 0 Å². The molecule has 0 bridgehead atoms. The second-order valence-corrected chi connectivity index (χ2v) is 14.2. The van der Waals surface area contributed by atoms with Crippen LogP contribution in [0.25, 0.3) is 76.8 Å². The van der Waals surface area contributed by atoms with Gasteiger partial charge in [0.15, 0.2) is 0 Å². The molecule has 258 valence electrons. The number of anilines is 3. The molecule has 0 saturated carbocycles. The molecule has 0 atom stereocenters. The van der Waals surface area contributed by atoms with Crippen molar-refractivity contribution in [3.63, 3.8) is 0 Å². The van der Waals surface area contributed by atoms with Gasteiger partial charge in [0, 0.05) is 17.1 Å². The first kappa shape index (κ1) is 32.4. The van der Waals surface area contributed by atoms with E-state index in [4.69, 9.17) is 0 Å². The van der Waals surface area contributed by atoms with Crippen molar-refractivity contribution in [2.75, 3.05) is 4.90 Å². The maximum absolute atomic E-state index is 2.38. The molecule has 0 unspecified atom stereocenters. The van der Waals surface area contributed by atoms with Crippen LogP contribution in [0.15, 0.2) is 224 Å². The minimum Gasteiger partial charge on any atom is -0.310 e. The molecular weight excluding hydrogens is 663 g/mol. The topological polar surface area (TPSA) is 3.24 Å². The van der Waals surface area contributed by atoms with Gasteiger partial charge in [0.1, 0.15) is 0 Å². The van der Waals surface area contributed by atoms with Crippen LogP contribution in [-0.2, 0) is 0 Å². The molecule has 0 aliphatic heterocycles. The maximum Gasteiger partial charge on any atom is 0.0468 e. The molecule has 10 rings (SSSR count). The zero-order chi connectivity index (χ0) is 36.6. The first-order valence-electron chi connectivity index (χ1n) is 18.9. The Bertz CT molecular complexity index is 2950. The van der Waals surface area contributed by atoms with Gasteiger partial charge in [-0.05, 0) is 119 Å². The van der Waals surface area contributed by atoms with Crippen LogP contribution >= 0.6 is 0 Å². The third kappa shape index (κ3) is 6.22. The van der Waals surface area contributed by atoms with Crippen molar-refractivity contribution in [1.82, 2.24) is 0 Å². The van der Waals surface area contributed by atoms with Crippen molar-refractivity contribution >= 4 is 49.4 Å². The van der Waals surface area contributed by atoms with Crippen LogP contribution in [0.1, 0.15) is 0 Å². The third-order valence-corrected chi connectivity index (χ3v) is 10.8. The molecular formula is C54H37N. The van der Waals surface area contributed by atoms with Gasteiger partial charge in [-0.2, -0.15) is 0 Å². The number of fused-ring (bicyclic) bond motifs is 4. The van der Waals surface area contributed by atoms with Gasteiger partial charge < -0.3 is 4.90 Å². The van der Waals surface area contributed by atoms with Crippen LogP contribution < -0.4 is 4.90 Å². The number of rotatable bonds is 7. The zero-order valence-electron chi connectivity index (χ0n) is 30.3. The molecule has 0 aromatic heterocycles. The van der Waals surface area contributed by atoms with Crippen molar-refractivity contribution in [3.05, 3.63) is 224 Å². The van der Waals surface area contributed by atoms with E-state index in [2.05, 4.69) is 229 Å². The monoisotopic (exact) mass is 699 g/mol. The predicted molar refractivity (Wildman–Crippen MR) is 235 cm³/mol. The Morgan fingerprint density at radius 1 is 0.218 bits per heavy atom. The van der Waals surface area contributed by atoms with Crippen molar-refractivity contribution in [1.29, 1.82) is 0 Å². The molecule has 0 radical (unpaired) electrons. The van der Waals surface area contributed by atoms with Crippen molar-refractivity contribution in [3.8, 4) is 44.5 Å². The lowest BCUT2D eigenvalue weighted by Crippen LogP contribution is -2.10. The maximum atomic E-state index is 2.38. The van der Waals surface area contributed by atoms with Crippen LogP contribution in [0.4, 0.5) is 17.1 Å². The van der Waals surface area contributed by atoms with Crippen molar-refractivity contribution in [2.45, 2.75) is 0 Å². The molecule has 0 N–H and O–H groups in total. The summed E-state index contributed by atoms with van der Waals surface area (Å²) in [6.07, 6.45) is 0. The Morgan fingerprint density at radius 3 is 1.45 bits per heavy atom. The summed E-state index contributed by atoms with van der Waals surface area (Å²) in [5.74, 6) is 0. The molecule has 10 aromatic rings. The van der Waals surface area contributed by atoms with Gasteiger partial charge in [-0.3, -0.25) is 0 Å². The summed E-state index contributed by atoms with van der Waals surface area (Å²) >= 11 is 0. The minimum absolute atomic E-state index is 1.10. The van der Waals surface area contributed by atoms with Crippen molar-refractivity contribution < 1.29 is 0 Å². The summed E-state index contributed by atoms with van der Waals surface area (Å²) in [5.41, 5.74) is 13.0. The summed E-state index contributed by atoms with van der Waals surface area (Å²) in [6, 6.07) is 81.5. The fourth-order valence-corrected chi connectivity index (χ4v) is 8.04. The Hall–Kier alpha value is -7.22. The summed E-state index contributed by atoms with van der Waals surface area (Å²) in [4.78, 5) is 2.38. The molecule has 0 aliphatic carbocycles. The van der Waals surface area contributed by atoms with E-state index in [1.54, 1.807) is 0 Å². The number of nitrogens with zero attached hydrogens (tertiary/aromatic N) is 1. The highest BCUT2D eigenvalue weighted by atomic mass is 15.1.